The lowest BCUT2D eigenvalue weighted by atomic mass is 10.0. The first-order valence-corrected chi connectivity index (χ1v) is 9.18. The van der Waals surface area contributed by atoms with E-state index in [0.717, 1.165) is 24.9 Å². The molecule has 2 rings (SSSR count). The molecule has 1 aliphatic rings. The number of methoxy groups -OCH3 is 1. The number of nitro groups is 1. The van der Waals surface area contributed by atoms with Crippen LogP contribution in [-0.4, -0.2) is 50.7 Å². The van der Waals surface area contributed by atoms with Crippen LogP contribution in [0.3, 0.4) is 0 Å². The van der Waals surface area contributed by atoms with Crippen molar-refractivity contribution in [2.75, 3.05) is 26.5 Å². The molecule has 1 aromatic carbocycles. The quantitative estimate of drug-likeness (QED) is 0.613. The van der Waals surface area contributed by atoms with Crippen LogP contribution in [0.2, 0.25) is 0 Å². The molecule has 0 radical (unpaired) electrons. The molecule has 9 heteroatoms. The van der Waals surface area contributed by atoms with Gasteiger partial charge >= 0.3 is 0 Å². The molecule has 0 bridgehead atoms. The second-order valence-corrected chi connectivity index (χ2v) is 7.47. The Morgan fingerprint density at radius 3 is 2.57 bits per heavy atom. The fraction of sp³-hybridized carbons (Fsp3) is 0.571. The van der Waals surface area contributed by atoms with Gasteiger partial charge < -0.3 is 4.74 Å². The zero-order valence-electron chi connectivity index (χ0n) is 13.2. The zero-order chi connectivity index (χ0) is 17.0. The fourth-order valence-electron chi connectivity index (χ4n) is 2.75. The molecular weight excluding hydrogens is 322 g/mol. The summed E-state index contributed by atoms with van der Waals surface area (Å²) in [6.45, 7) is 1.98. The average Bonchev–Trinajstić information content (AvgIpc) is 2.47. The number of ether oxygens (including phenoxy) is 1. The van der Waals surface area contributed by atoms with Gasteiger partial charge in [-0.2, -0.15) is 0 Å². The van der Waals surface area contributed by atoms with E-state index in [1.54, 1.807) is 6.07 Å². The Hall–Kier alpha value is -1.71. The van der Waals surface area contributed by atoms with E-state index in [-0.39, 0.29) is 11.7 Å². The van der Waals surface area contributed by atoms with E-state index < -0.39 is 14.9 Å². The number of likely N-dealkylation sites (tertiary alicyclic amines) is 1. The lowest BCUT2D eigenvalue weighted by molar-refractivity contribution is -0.385. The van der Waals surface area contributed by atoms with Gasteiger partial charge in [0.15, 0.2) is 0 Å². The van der Waals surface area contributed by atoms with E-state index in [0.29, 0.717) is 25.1 Å². The number of nitrogens with one attached hydrogen (secondary N) is 1. The maximum atomic E-state index is 11.3. The number of hydrogen-bond acceptors (Lipinski definition) is 6. The van der Waals surface area contributed by atoms with E-state index in [1.807, 2.05) is 0 Å². The van der Waals surface area contributed by atoms with Crippen molar-refractivity contribution in [3.8, 4) is 5.75 Å². The first-order chi connectivity index (χ1) is 10.8. The molecule has 0 amide bonds. The molecule has 0 unspecified atom stereocenters. The standard InChI is InChI=1S/C14H21N3O5S/c1-22-14-4-3-13(17(18)19)9-11(14)10-16-7-5-12(6-8-16)15-23(2,20)21/h3-4,9,12,15H,5-8,10H2,1-2H3. The average molecular weight is 343 g/mol. The summed E-state index contributed by atoms with van der Waals surface area (Å²) < 4.78 is 30.4. The van der Waals surface area contributed by atoms with Crippen molar-refractivity contribution in [3.05, 3.63) is 33.9 Å². The third-order valence-electron chi connectivity index (χ3n) is 3.84. The van der Waals surface area contributed by atoms with Gasteiger partial charge in [-0.3, -0.25) is 15.0 Å². The number of rotatable bonds is 6. The summed E-state index contributed by atoms with van der Waals surface area (Å²) in [4.78, 5) is 12.6. The van der Waals surface area contributed by atoms with Gasteiger partial charge in [0.2, 0.25) is 10.0 Å². The summed E-state index contributed by atoms with van der Waals surface area (Å²) in [5, 5.41) is 10.9. The van der Waals surface area contributed by atoms with Crippen LogP contribution in [-0.2, 0) is 16.6 Å². The van der Waals surface area contributed by atoms with Gasteiger partial charge in [-0.15, -0.1) is 0 Å². The number of sulfonamides is 1. The van der Waals surface area contributed by atoms with E-state index in [1.165, 1.54) is 19.2 Å². The number of non-ortho nitro benzene ring substituents is 1. The van der Waals surface area contributed by atoms with Gasteiger partial charge in [0.25, 0.3) is 5.69 Å². The van der Waals surface area contributed by atoms with Crippen molar-refractivity contribution in [2.24, 2.45) is 0 Å². The van der Waals surface area contributed by atoms with Crippen LogP contribution in [0.25, 0.3) is 0 Å². The minimum atomic E-state index is -3.19. The Labute approximate surface area is 135 Å². The van der Waals surface area contributed by atoms with Crippen molar-refractivity contribution in [1.29, 1.82) is 0 Å². The number of nitrogens with zero attached hydrogens (tertiary/aromatic N) is 2. The van der Waals surface area contributed by atoms with E-state index >= 15 is 0 Å². The van der Waals surface area contributed by atoms with Gasteiger partial charge in [-0.25, -0.2) is 13.1 Å². The maximum Gasteiger partial charge on any atom is 0.270 e. The Morgan fingerprint density at radius 2 is 2.04 bits per heavy atom. The van der Waals surface area contributed by atoms with Gasteiger partial charge in [-0.1, -0.05) is 0 Å². The summed E-state index contributed by atoms with van der Waals surface area (Å²) in [7, 11) is -1.65. The highest BCUT2D eigenvalue weighted by molar-refractivity contribution is 7.88. The number of hydrogen-bond donors (Lipinski definition) is 1. The lowest BCUT2D eigenvalue weighted by Gasteiger charge is -2.32. The molecule has 1 N–H and O–H groups in total. The minimum Gasteiger partial charge on any atom is -0.496 e. The molecule has 23 heavy (non-hydrogen) atoms. The van der Waals surface area contributed by atoms with Crippen LogP contribution in [0.15, 0.2) is 18.2 Å². The summed E-state index contributed by atoms with van der Waals surface area (Å²) in [5.74, 6) is 0.618. The normalized spacial score (nSPS) is 17.1. The molecule has 1 aromatic rings. The molecule has 0 aliphatic carbocycles. The van der Waals surface area contributed by atoms with E-state index in [4.69, 9.17) is 4.74 Å². The third-order valence-corrected chi connectivity index (χ3v) is 4.60. The van der Waals surface area contributed by atoms with Gasteiger partial charge in [0.1, 0.15) is 5.75 Å². The second-order valence-electron chi connectivity index (χ2n) is 5.69. The Balaban J connectivity index is 2.01. The van der Waals surface area contributed by atoms with Crippen molar-refractivity contribution in [1.82, 2.24) is 9.62 Å². The van der Waals surface area contributed by atoms with Crippen molar-refractivity contribution >= 4 is 15.7 Å². The van der Waals surface area contributed by atoms with Gasteiger partial charge in [0, 0.05) is 43.4 Å². The zero-order valence-corrected chi connectivity index (χ0v) is 14.0. The summed E-state index contributed by atoms with van der Waals surface area (Å²) >= 11 is 0. The third kappa shape index (κ3) is 5.15. The van der Waals surface area contributed by atoms with Crippen LogP contribution in [0.5, 0.6) is 5.75 Å². The predicted octanol–water partition coefficient (Wildman–Crippen LogP) is 1.12. The first kappa shape index (κ1) is 17.6. The molecule has 0 atom stereocenters. The lowest BCUT2D eigenvalue weighted by Crippen LogP contribution is -2.43. The number of nitro benzene ring substituents is 1. The van der Waals surface area contributed by atoms with Crippen molar-refractivity contribution in [2.45, 2.75) is 25.4 Å². The van der Waals surface area contributed by atoms with Crippen LogP contribution >= 0.6 is 0 Å². The Kier molecular flexibility index (Phi) is 5.55. The van der Waals surface area contributed by atoms with Crippen molar-refractivity contribution < 1.29 is 18.1 Å². The number of piperidine rings is 1. The van der Waals surface area contributed by atoms with Crippen molar-refractivity contribution in [3.63, 3.8) is 0 Å². The molecule has 1 saturated heterocycles. The molecular formula is C14H21N3O5S. The summed E-state index contributed by atoms with van der Waals surface area (Å²) in [6.07, 6.45) is 2.59. The molecule has 128 valence electrons. The predicted molar refractivity (Wildman–Crippen MR) is 85.9 cm³/mol. The second kappa shape index (κ2) is 7.24. The van der Waals surface area contributed by atoms with E-state index in [2.05, 4.69) is 9.62 Å². The molecule has 8 nitrogen and oxygen atoms in total. The monoisotopic (exact) mass is 343 g/mol. The molecule has 1 aliphatic heterocycles. The molecule has 1 fully saturated rings. The smallest absolute Gasteiger partial charge is 0.270 e. The SMILES string of the molecule is COc1ccc([N+](=O)[O-])cc1CN1CCC(NS(C)(=O)=O)CC1. The van der Waals surface area contributed by atoms with E-state index in [9.17, 15) is 18.5 Å². The molecule has 1 heterocycles. The first-order valence-electron chi connectivity index (χ1n) is 7.29. The van der Waals surface area contributed by atoms with Gasteiger partial charge in [-0.05, 0) is 18.9 Å². The topological polar surface area (TPSA) is 102 Å². The highest BCUT2D eigenvalue weighted by Crippen LogP contribution is 2.26. The Bertz CT molecular complexity index is 669. The largest absolute Gasteiger partial charge is 0.496 e. The highest BCUT2D eigenvalue weighted by atomic mass is 32.2. The highest BCUT2D eigenvalue weighted by Gasteiger charge is 2.23. The Morgan fingerprint density at radius 1 is 1.39 bits per heavy atom. The van der Waals surface area contributed by atoms with Gasteiger partial charge in [0.05, 0.1) is 18.3 Å². The van der Waals surface area contributed by atoms with Crippen LogP contribution in [0, 0.1) is 10.1 Å². The van der Waals surface area contributed by atoms with Crippen LogP contribution < -0.4 is 9.46 Å². The molecule has 0 saturated carbocycles. The summed E-state index contributed by atoms with van der Waals surface area (Å²) in [5.41, 5.74) is 0.797. The number of benzene rings is 1. The molecule has 0 aromatic heterocycles. The maximum absolute atomic E-state index is 11.3. The fourth-order valence-corrected chi connectivity index (χ4v) is 3.60. The molecule has 0 spiro atoms. The minimum absolute atomic E-state index is 0.0365. The summed E-state index contributed by atoms with van der Waals surface area (Å²) in [6, 6.07) is 4.50. The van der Waals surface area contributed by atoms with Crippen LogP contribution in [0.4, 0.5) is 5.69 Å². The van der Waals surface area contributed by atoms with Crippen LogP contribution in [0.1, 0.15) is 18.4 Å².